The van der Waals surface area contributed by atoms with Gasteiger partial charge in [-0.05, 0) is 6.92 Å². The minimum atomic E-state index is -1.31. The SMILES string of the molecule is CC(C(=O)O)C(=O)O.[Na]. The Morgan fingerprint density at radius 2 is 1.44 bits per heavy atom. The molecule has 0 fully saturated rings. The van der Waals surface area contributed by atoms with Crippen molar-refractivity contribution in [3.8, 4) is 0 Å². The minimum Gasteiger partial charge on any atom is -0.481 e. The summed E-state index contributed by atoms with van der Waals surface area (Å²) in [6.45, 7) is 1.12. The molecule has 0 bridgehead atoms. The molecule has 0 amide bonds. The van der Waals surface area contributed by atoms with Crippen LogP contribution in [0.5, 0.6) is 0 Å². The standard InChI is InChI=1S/C4H6O4.Na/c1-2(3(5)6)4(7)8;/h2H,1H3,(H,5,6)(H,7,8);. The van der Waals surface area contributed by atoms with E-state index >= 15 is 0 Å². The summed E-state index contributed by atoms with van der Waals surface area (Å²) in [6.07, 6.45) is 0. The second kappa shape index (κ2) is 4.78. The molecule has 9 heavy (non-hydrogen) atoms. The van der Waals surface area contributed by atoms with E-state index in [0.29, 0.717) is 0 Å². The Kier molecular flexibility index (Phi) is 6.22. The molecule has 0 aliphatic carbocycles. The van der Waals surface area contributed by atoms with Crippen LogP contribution in [-0.2, 0) is 9.59 Å². The summed E-state index contributed by atoms with van der Waals surface area (Å²) < 4.78 is 0. The quantitative estimate of drug-likeness (QED) is 0.398. The first kappa shape index (κ1) is 11.7. The number of hydrogen-bond donors (Lipinski definition) is 2. The van der Waals surface area contributed by atoms with Crippen LogP contribution in [0.2, 0.25) is 0 Å². The predicted octanol–water partition coefficient (Wildman–Crippen LogP) is -0.589. The van der Waals surface area contributed by atoms with E-state index in [1.165, 1.54) is 0 Å². The van der Waals surface area contributed by atoms with E-state index in [1.54, 1.807) is 0 Å². The van der Waals surface area contributed by atoms with E-state index in [9.17, 15) is 9.59 Å². The van der Waals surface area contributed by atoms with Crippen LogP contribution in [-0.4, -0.2) is 51.7 Å². The number of carbonyl (C=O) groups is 2. The maximum Gasteiger partial charge on any atom is 0.317 e. The van der Waals surface area contributed by atoms with Gasteiger partial charge >= 0.3 is 11.9 Å². The summed E-state index contributed by atoms with van der Waals surface area (Å²) in [4.78, 5) is 19.5. The maximum absolute atomic E-state index is 9.76. The fourth-order valence-corrected chi connectivity index (χ4v) is 0.106. The van der Waals surface area contributed by atoms with Crippen LogP contribution in [0.3, 0.4) is 0 Å². The zero-order valence-electron chi connectivity index (χ0n) is 5.29. The minimum absolute atomic E-state index is 0. The van der Waals surface area contributed by atoms with Crippen LogP contribution in [0, 0.1) is 5.92 Å². The van der Waals surface area contributed by atoms with Gasteiger partial charge in [0.15, 0.2) is 5.92 Å². The summed E-state index contributed by atoms with van der Waals surface area (Å²) >= 11 is 0. The van der Waals surface area contributed by atoms with Crippen LogP contribution in [0.25, 0.3) is 0 Å². The van der Waals surface area contributed by atoms with Crippen LogP contribution in [0.1, 0.15) is 6.92 Å². The summed E-state index contributed by atoms with van der Waals surface area (Å²) in [5.41, 5.74) is 0. The van der Waals surface area contributed by atoms with Gasteiger partial charge in [-0.2, -0.15) is 0 Å². The van der Waals surface area contributed by atoms with Gasteiger partial charge in [-0.1, -0.05) is 0 Å². The van der Waals surface area contributed by atoms with Gasteiger partial charge in [-0.25, -0.2) is 0 Å². The molecule has 1 radical (unpaired) electrons. The van der Waals surface area contributed by atoms with Crippen molar-refractivity contribution in [2.24, 2.45) is 5.92 Å². The van der Waals surface area contributed by atoms with Crippen molar-refractivity contribution < 1.29 is 19.8 Å². The third-order valence-electron chi connectivity index (χ3n) is 0.741. The molecule has 0 aromatic heterocycles. The smallest absolute Gasteiger partial charge is 0.317 e. The van der Waals surface area contributed by atoms with E-state index in [0.717, 1.165) is 6.92 Å². The molecule has 5 heteroatoms. The molecule has 0 heterocycles. The number of rotatable bonds is 2. The second-order valence-corrected chi connectivity index (χ2v) is 1.40. The average Bonchev–Trinajstić information content (AvgIpc) is 1.64. The van der Waals surface area contributed by atoms with Crippen LogP contribution in [0.4, 0.5) is 0 Å². The summed E-state index contributed by atoms with van der Waals surface area (Å²) in [6, 6.07) is 0. The Bertz CT molecular complexity index is 108. The number of hydrogen-bond acceptors (Lipinski definition) is 2. The van der Waals surface area contributed by atoms with Crippen molar-refractivity contribution in [2.75, 3.05) is 0 Å². The summed E-state index contributed by atoms with van der Waals surface area (Å²) in [5, 5.41) is 15.9. The molecule has 47 valence electrons. The third-order valence-corrected chi connectivity index (χ3v) is 0.741. The maximum atomic E-state index is 9.76. The monoisotopic (exact) mass is 141 g/mol. The topological polar surface area (TPSA) is 74.6 Å². The third kappa shape index (κ3) is 4.44. The molecule has 0 saturated carbocycles. The number of carboxylic acids is 2. The summed E-state index contributed by atoms with van der Waals surface area (Å²) in [5.74, 6) is -3.91. The fourth-order valence-electron chi connectivity index (χ4n) is 0.106. The molecule has 2 N–H and O–H groups in total. The van der Waals surface area contributed by atoms with Gasteiger partial charge in [0.05, 0.1) is 0 Å². The van der Waals surface area contributed by atoms with Crippen molar-refractivity contribution in [3.05, 3.63) is 0 Å². The molecule has 0 atom stereocenters. The molecule has 0 unspecified atom stereocenters. The molecule has 4 nitrogen and oxygen atoms in total. The van der Waals surface area contributed by atoms with E-state index in [-0.39, 0.29) is 29.6 Å². The van der Waals surface area contributed by atoms with Crippen molar-refractivity contribution in [3.63, 3.8) is 0 Å². The van der Waals surface area contributed by atoms with Gasteiger partial charge in [0.2, 0.25) is 0 Å². The Balaban J connectivity index is 0. The Morgan fingerprint density at radius 3 is 1.44 bits per heavy atom. The second-order valence-electron chi connectivity index (χ2n) is 1.40. The van der Waals surface area contributed by atoms with Gasteiger partial charge < -0.3 is 10.2 Å². The molecule has 0 aliphatic rings. The van der Waals surface area contributed by atoms with Gasteiger partial charge in [-0.15, -0.1) is 0 Å². The molecular formula is C4H6NaO4. The van der Waals surface area contributed by atoms with E-state index in [4.69, 9.17) is 10.2 Å². The fraction of sp³-hybridized carbons (Fsp3) is 0.500. The Hall–Kier alpha value is -0.0600. The molecule has 0 aromatic rings. The number of carboxylic acid groups (broad SMARTS) is 2. The van der Waals surface area contributed by atoms with Crippen molar-refractivity contribution in [2.45, 2.75) is 6.92 Å². The van der Waals surface area contributed by atoms with Gasteiger partial charge in [0.25, 0.3) is 0 Å². The molecule has 0 rings (SSSR count). The van der Waals surface area contributed by atoms with Crippen LogP contribution in [0.15, 0.2) is 0 Å². The zero-order valence-corrected chi connectivity index (χ0v) is 7.29. The molecule has 0 aromatic carbocycles. The molecule has 0 aliphatic heterocycles. The first-order valence-corrected chi connectivity index (χ1v) is 2.01. The predicted molar refractivity (Wildman–Crippen MR) is 30.2 cm³/mol. The van der Waals surface area contributed by atoms with Gasteiger partial charge in [-0.3, -0.25) is 9.59 Å². The Labute approximate surface area is 74.2 Å². The van der Waals surface area contributed by atoms with Gasteiger partial charge in [0, 0.05) is 29.6 Å². The zero-order chi connectivity index (χ0) is 6.73. The first-order valence-electron chi connectivity index (χ1n) is 2.01. The molecule has 0 spiro atoms. The van der Waals surface area contributed by atoms with Crippen LogP contribution < -0.4 is 0 Å². The van der Waals surface area contributed by atoms with Crippen molar-refractivity contribution in [1.29, 1.82) is 0 Å². The van der Waals surface area contributed by atoms with Crippen molar-refractivity contribution in [1.82, 2.24) is 0 Å². The molecule has 0 saturated heterocycles. The van der Waals surface area contributed by atoms with Gasteiger partial charge in [0.1, 0.15) is 0 Å². The van der Waals surface area contributed by atoms with Crippen LogP contribution >= 0.6 is 0 Å². The van der Waals surface area contributed by atoms with E-state index < -0.39 is 17.9 Å². The van der Waals surface area contributed by atoms with E-state index in [1.807, 2.05) is 0 Å². The largest absolute Gasteiger partial charge is 0.481 e. The Morgan fingerprint density at radius 1 is 1.22 bits per heavy atom. The normalized spacial score (nSPS) is 8.22. The average molecular weight is 141 g/mol. The summed E-state index contributed by atoms with van der Waals surface area (Å²) in [7, 11) is 0. The van der Waals surface area contributed by atoms with Crippen molar-refractivity contribution >= 4 is 41.5 Å². The number of aliphatic carboxylic acids is 2. The van der Waals surface area contributed by atoms with E-state index in [2.05, 4.69) is 0 Å². The first-order chi connectivity index (χ1) is 3.55. The molecular weight excluding hydrogens is 135 g/mol.